The summed E-state index contributed by atoms with van der Waals surface area (Å²) >= 11 is 0. The number of nitrogens with one attached hydrogen (secondary N) is 1. The lowest BCUT2D eigenvalue weighted by Gasteiger charge is -2.28. The van der Waals surface area contributed by atoms with E-state index in [1.54, 1.807) is 7.11 Å². The van der Waals surface area contributed by atoms with Crippen molar-refractivity contribution in [2.75, 3.05) is 33.4 Å². The first-order valence-corrected chi connectivity index (χ1v) is 7.47. The molecule has 0 aromatic heterocycles. The van der Waals surface area contributed by atoms with Gasteiger partial charge in [0, 0.05) is 32.7 Å². The van der Waals surface area contributed by atoms with Crippen LogP contribution in [0.2, 0.25) is 0 Å². The number of nitrogens with zero attached hydrogens (tertiary/aromatic N) is 1. The van der Waals surface area contributed by atoms with Gasteiger partial charge in [0.1, 0.15) is 0 Å². The highest BCUT2D eigenvalue weighted by Gasteiger charge is 2.19. The van der Waals surface area contributed by atoms with Crippen LogP contribution < -0.4 is 5.32 Å². The van der Waals surface area contributed by atoms with Crippen molar-refractivity contribution in [1.82, 2.24) is 10.2 Å². The minimum Gasteiger partial charge on any atom is -0.380 e. The van der Waals surface area contributed by atoms with E-state index in [4.69, 9.17) is 4.74 Å². The summed E-state index contributed by atoms with van der Waals surface area (Å²) in [5.41, 5.74) is 1.32. The molecule has 1 atom stereocenters. The Kier molecular flexibility index (Phi) is 5.86. The van der Waals surface area contributed by atoms with Crippen molar-refractivity contribution in [2.24, 2.45) is 0 Å². The zero-order valence-electron chi connectivity index (χ0n) is 12.0. The van der Waals surface area contributed by atoms with Gasteiger partial charge in [-0.25, -0.2) is 0 Å². The summed E-state index contributed by atoms with van der Waals surface area (Å²) in [6, 6.07) is 0.557. The summed E-state index contributed by atoms with van der Waals surface area (Å²) in [4.78, 5) is 14.1. The summed E-state index contributed by atoms with van der Waals surface area (Å²) in [5, 5.41) is 3.50. The molecule has 0 aromatic rings. The van der Waals surface area contributed by atoms with E-state index < -0.39 is 0 Å². The zero-order chi connectivity index (χ0) is 13.5. The largest absolute Gasteiger partial charge is 0.380 e. The molecule has 1 fully saturated rings. The molecule has 0 bridgehead atoms. The maximum Gasteiger partial charge on any atom is 0.222 e. The molecule has 0 spiro atoms. The summed E-state index contributed by atoms with van der Waals surface area (Å²) < 4.78 is 5.12. The van der Waals surface area contributed by atoms with Gasteiger partial charge in [-0.2, -0.15) is 0 Å². The van der Waals surface area contributed by atoms with Crippen LogP contribution in [0.15, 0.2) is 11.6 Å². The van der Waals surface area contributed by atoms with Gasteiger partial charge in [0.05, 0.1) is 6.61 Å². The van der Waals surface area contributed by atoms with Gasteiger partial charge in [-0.1, -0.05) is 12.5 Å². The topological polar surface area (TPSA) is 41.6 Å². The Morgan fingerprint density at radius 1 is 1.53 bits per heavy atom. The number of ether oxygens (including phenoxy) is 1. The first-order valence-electron chi connectivity index (χ1n) is 7.47. The lowest BCUT2D eigenvalue weighted by atomic mass is 10.00. The van der Waals surface area contributed by atoms with Crippen molar-refractivity contribution in [2.45, 2.75) is 44.6 Å². The Bertz CT molecular complexity index is 322. The number of hydrogen-bond donors (Lipinski definition) is 1. The SMILES string of the molecule is COCC1=CCN(C(=O)CCC2CCCCN2)CC1. The zero-order valence-corrected chi connectivity index (χ0v) is 12.0. The molecule has 1 unspecified atom stereocenters. The van der Waals surface area contributed by atoms with E-state index in [9.17, 15) is 4.79 Å². The van der Waals surface area contributed by atoms with E-state index in [1.165, 1.54) is 24.8 Å². The van der Waals surface area contributed by atoms with Crippen molar-refractivity contribution < 1.29 is 9.53 Å². The fraction of sp³-hybridized carbons (Fsp3) is 0.800. The standard InChI is InChI=1S/C15H26N2O2/c1-19-12-13-7-10-17(11-8-13)15(18)6-5-14-4-2-3-9-16-14/h7,14,16H,2-6,8-12H2,1H3. The van der Waals surface area contributed by atoms with Crippen LogP contribution in [-0.4, -0.2) is 50.2 Å². The van der Waals surface area contributed by atoms with Gasteiger partial charge in [0.2, 0.25) is 5.91 Å². The van der Waals surface area contributed by atoms with Crippen LogP contribution in [0.25, 0.3) is 0 Å². The Morgan fingerprint density at radius 2 is 2.42 bits per heavy atom. The number of carbonyl (C=O) groups is 1. The quantitative estimate of drug-likeness (QED) is 0.770. The summed E-state index contributed by atoms with van der Waals surface area (Å²) in [7, 11) is 1.72. The van der Waals surface area contributed by atoms with Gasteiger partial charge >= 0.3 is 0 Å². The highest BCUT2D eigenvalue weighted by Crippen LogP contribution is 2.15. The average Bonchev–Trinajstić information content (AvgIpc) is 2.47. The van der Waals surface area contributed by atoms with Gasteiger partial charge in [0.15, 0.2) is 0 Å². The van der Waals surface area contributed by atoms with Crippen LogP contribution >= 0.6 is 0 Å². The lowest BCUT2D eigenvalue weighted by Crippen LogP contribution is -2.38. The molecule has 0 aliphatic carbocycles. The summed E-state index contributed by atoms with van der Waals surface area (Å²) in [5.74, 6) is 0.306. The molecule has 108 valence electrons. The molecule has 2 rings (SSSR count). The number of carbonyl (C=O) groups excluding carboxylic acids is 1. The van der Waals surface area contributed by atoms with Crippen molar-refractivity contribution in [1.29, 1.82) is 0 Å². The third-order valence-electron chi connectivity index (χ3n) is 4.10. The summed E-state index contributed by atoms with van der Waals surface area (Å²) in [6.07, 6.45) is 8.59. The van der Waals surface area contributed by atoms with E-state index in [1.807, 2.05) is 4.90 Å². The fourth-order valence-electron chi connectivity index (χ4n) is 2.88. The Labute approximate surface area is 116 Å². The molecule has 2 aliphatic heterocycles. The third kappa shape index (κ3) is 4.62. The van der Waals surface area contributed by atoms with Crippen LogP contribution in [0.1, 0.15) is 38.5 Å². The van der Waals surface area contributed by atoms with E-state index >= 15 is 0 Å². The van der Waals surface area contributed by atoms with Gasteiger partial charge in [-0.05, 0) is 37.8 Å². The van der Waals surface area contributed by atoms with Crippen molar-refractivity contribution >= 4 is 5.91 Å². The van der Waals surface area contributed by atoms with E-state index in [0.29, 0.717) is 25.0 Å². The second-order valence-corrected chi connectivity index (χ2v) is 5.57. The molecule has 4 nitrogen and oxygen atoms in total. The highest BCUT2D eigenvalue weighted by molar-refractivity contribution is 5.76. The predicted octanol–water partition coefficient (Wildman–Crippen LogP) is 1.71. The monoisotopic (exact) mass is 266 g/mol. The Morgan fingerprint density at radius 3 is 3.05 bits per heavy atom. The average molecular weight is 266 g/mol. The smallest absolute Gasteiger partial charge is 0.222 e. The van der Waals surface area contributed by atoms with Gasteiger partial charge in [-0.15, -0.1) is 0 Å². The van der Waals surface area contributed by atoms with Crippen LogP contribution in [0, 0.1) is 0 Å². The second kappa shape index (κ2) is 7.65. The highest BCUT2D eigenvalue weighted by atomic mass is 16.5. The maximum absolute atomic E-state index is 12.1. The molecule has 19 heavy (non-hydrogen) atoms. The fourth-order valence-corrected chi connectivity index (χ4v) is 2.88. The van der Waals surface area contributed by atoms with Crippen LogP contribution in [0.5, 0.6) is 0 Å². The van der Waals surface area contributed by atoms with Crippen molar-refractivity contribution in [3.8, 4) is 0 Å². The molecule has 0 saturated carbocycles. The van der Waals surface area contributed by atoms with Crippen LogP contribution in [0.4, 0.5) is 0 Å². The number of hydrogen-bond acceptors (Lipinski definition) is 3. The van der Waals surface area contributed by atoms with Crippen molar-refractivity contribution in [3.63, 3.8) is 0 Å². The van der Waals surface area contributed by atoms with Gasteiger partial charge in [-0.3, -0.25) is 4.79 Å². The molecule has 2 aliphatic rings. The van der Waals surface area contributed by atoms with Gasteiger partial charge < -0.3 is 15.0 Å². The van der Waals surface area contributed by atoms with Crippen LogP contribution in [0.3, 0.4) is 0 Å². The van der Waals surface area contributed by atoms with E-state index in [0.717, 1.165) is 32.5 Å². The number of amides is 1. The molecule has 1 amide bonds. The maximum atomic E-state index is 12.1. The number of piperidine rings is 1. The molecule has 1 N–H and O–H groups in total. The van der Waals surface area contributed by atoms with E-state index in [-0.39, 0.29) is 0 Å². The molecule has 4 heteroatoms. The minimum absolute atomic E-state index is 0.306. The molecule has 0 radical (unpaired) electrons. The Hall–Kier alpha value is -0.870. The predicted molar refractivity (Wildman–Crippen MR) is 76.0 cm³/mol. The molecule has 1 saturated heterocycles. The first kappa shape index (κ1) is 14.5. The normalized spacial score (nSPS) is 24.2. The van der Waals surface area contributed by atoms with Crippen molar-refractivity contribution in [3.05, 3.63) is 11.6 Å². The Balaban J connectivity index is 1.69. The minimum atomic E-state index is 0.306. The number of rotatable bonds is 5. The molecular weight excluding hydrogens is 240 g/mol. The molecular formula is C15H26N2O2. The van der Waals surface area contributed by atoms with E-state index in [2.05, 4.69) is 11.4 Å². The lowest BCUT2D eigenvalue weighted by molar-refractivity contribution is -0.131. The molecule has 0 aromatic carbocycles. The second-order valence-electron chi connectivity index (χ2n) is 5.57. The summed E-state index contributed by atoms with van der Waals surface area (Å²) in [6.45, 7) is 3.43. The third-order valence-corrected chi connectivity index (χ3v) is 4.10. The van der Waals surface area contributed by atoms with Crippen LogP contribution in [-0.2, 0) is 9.53 Å². The number of methoxy groups -OCH3 is 1. The molecule has 2 heterocycles. The first-order chi connectivity index (χ1) is 9.29. The van der Waals surface area contributed by atoms with Gasteiger partial charge in [0.25, 0.3) is 0 Å².